The molecule has 1 heterocycles. The zero-order valence-electron chi connectivity index (χ0n) is 17.2. The number of sulfone groups is 2. The summed E-state index contributed by atoms with van der Waals surface area (Å²) in [5.41, 5.74) is 2.09. The zero-order chi connectivity index (χ0) is 23.8. The molecular weight excluding hydrogens is 505 g/mol. The van der Waals surface area contributed by atoms with Crippen molar-refractivity contribution in [2.75, 3.05) is 6.26 Å². The Hall–Kier alpha value is -2.59. The van der Waals surface area contributed by atoms with E-state index in [1.165, 1.54) is 24.3 Å². The molecule has 0 radical (unpaired) electrons. The normalized spacial score (nSPS) is 12.1. The Labute approximate surface area is 200 Å². The van der Waals surface area contributed by atoms with Crippen LogP contribution in [0, 0.1) is 5.82 Å². The van der Waals surface area contributed by atoms with E-state index in [1.807, 2.05) is 0 Å². The van der Waals surface area contributed by atoms with Gasteiger partial charge in [-0.15, -0.1) is 11.3 Å². The monoisotopic (exact) mass is 521 g/mol. The highest BCUT2D eigenvalue weighted by Crippen LogP contribution is 2.39. The summed E-state index contributed by atoms with van der Waals surface area (Å²) in [6.45, 7) is 0. The van der Waals surface area contributed by atoms with Gasteiger partial charge in [-0.3, -0.25) is 0 Å². The van der Waals surface area contributed by atoms with Gasteiger partial charge in [0.25, 0.3) is 0 Å². The van der Waals surface area contributed by atoms with Crippen molar-refractivity contribution in [2.24, 2.45) is 0 Å². The number of aromatic nitrogens is 1. The van der Waals surface area contributed by atoms with Crippen molar-refractivity contribution in [3.63, 3.8) is 0 Å². The van der Waals surface area contributed by atoms with Crippen molar-refractivity contribution in [3.05, 3.63) is 89.2 Å². The summed E-state index contributed by atoms with van der Waals surface area (Å²) in [5, 5.41) is 0.504. The van der Waals surface area contributed by atoms with Crippen molar-refractivity contribution in [1.29, 1.82) is 0 Å². The molecule has 10 heteroatoms. The highest BCUT2D eigenvalue weighted by atomic mass is 35.5. The van der Waals surface area contributed by atoms with E-state index in [4.69, 9.17) is 11.6 Å². The van der Waals surface area contributed by atoms with Crippen LogP contribution in [0.4, 0.5) is 4.39 Å². The third kappa shape index (κ3) is 5.33. The molecule has 170 valence electrons. The maximum Gasteiger partial charge on any atom is 0.210 e. The lowest BCUT2D eigenvalue weighted by Gasteiger charge is -2.04. The second kappa shape index (κ2) is 8.98. The van der Waals surface area contributed by atoms with E-state index >= 15 is 0 Å². The Kier molecular flexibility index (Phi) is 6.41. The summed E-state index contributed by atoms with van der Waals surface area (Å²) < 4.78 is 63.2. The lowest BCUT2D eigenvalue weighted by atomic mass is 10.1. The highest BCUT2D eigenvalue weighted by Gasteiger charge is 2.25. The Bertz CT molecular complexity index is 1510. The van der Waals surface area contributed by atoms with Gasteiger partial charge in [-0.25, -0.2) is 26.2 Å². The number of hydrogen-bond acceptors (Lipinski definition) is 6. The van der Waals surface area contributed by atoms with Crippen molar-refractivity contribution in [3.8, 4) is 21.7 Å². The average Bonchev–Trinajstić information content (AvgIpc) is 3.22. The Balaban J connectivity index is 1.81. The molecule has 0 aliphatic heterocycles. The molecule has 0 saturated heterocycles. The van der Waals surface area contributed by atoms with E-state index in [9.17, 15) is 21.2 Å². The SMILES string of the molecule is CS(=O)(=O)c1ccc(-c2nc(S(=O)(=O)Cc3ccc(Cl)cc3)sc2-c2ccc(F)cc2)cc1. The molecule has 0 aliphatic rings. The molecular formula is C23H17ClFNO4S3. The van der Waals surface area contributed by atoms with Crippen LogP contribution in [0.15, 0.2) is 82.0 Å². The van der Waals surface area contributed by atoms with Gasteiger partial charge in [-0.2, -0.15) is 0 Å². The Morgan fingerprint density at radius 1 is 0.848 bits per heavy atom. The molecule has 3 aromatic carbocycles. The third-order valence-corrected chi connectivity index (χ3v) is 9.43. The van der Waals surface area contributed by atoms with Gasteiger partial charge in [0.15, 0.2) is 9.84 Å². The van der Waals surface area contributed by atoms with Crippen molar-refractivity contribution in [2.45, 2.75) is 15.0 Å². The molecule has 0 bridgehead atoms. The average molecular weight is 522 g/mol. The molecule has 5 nitrogen and oxygen atoms in total. The van der Waals surface area contributed by atoms with E-state index < -0.39 is 25.5 Å². The maximum absolute atomic E-state index is 13.5. The van der Waals surface area contributed by atoms with E-state index in [0.717, 1.165) is 17.6 Å². The maximum atomic E-state index is 13.5. The summed E-state index contributed by atoms with van der Waals surface area (Å²) in [6.07, 6.45) is 1.11. The first-order valence-electron chi connectivity index (χ1n) is 9.57. The molecule has 4 rings (SSSR count). The topological polar surface area (TPSA) is 81.2 Å². The van der Waals surface area contributed by atoms with Crippen LogP contribution >= 0.6 is 22.9 Å². The lowest BCUT2D eigenvalue weighted by molar-refractivity contribution is 0.594. The van der Waals surface area contributed by atoms with Gasteiger partial charge in [-0.1, -0.05) is 48.0 Å². The quantitative estimate of drug-likeness (QED) is 0.327. The fourth-order valence-electron chi connectivity index (χ4n) is 3.15. The minimum absolute atomic E-state index is 0.0843. The van der Waals surface area contributed by atoms with E-state index in [0.29, 0.717) is 32.3 Å². The summed E-state index contributed by atoms with van der Waals surface area (Å²) in [4.78, 5) is 5.10. The van der Waals surface area contributed by atoms with E-state index in [1.54, 1.807) is 48.5 Å². The zero-order valence-corrected chi connectivity index (χ0v) is 20.4. The van der Waals surface area contributed by atoms with Gasteiger partial charge < -0.3 is 0 Å². The van der Waals surface area contributed by atoms with Gasteiger partial charge in [0, 0.05) is 16.8 Å². The van der Waals surface area contributed by atoms with Crippen LogP contribution in [0.5, 0.6) is 0 Å². The molecule has 0 fully saturated rings. The molecule has 0 atom stereocenters. The fourth-order valence-corrected chi connectivity index (χ4v) is 6.65. The van der Waals surface area contributed by atoms with Crippen molar-refractivity contribution < 1.29 is 21.2 Å². The highest BCUT2D eigenvalue weighted by molar-refractivity contribution is 7.92. The summed E-state index contributed by atoms with van der Waals surface area (Å²) in [6, 6.07) is 18.2. The first-order chi connectivity index (χ1) is 15.5. The summed E-state index contributed by atoms with van der Waals surface area (Å²) in [7, 11) is -7.18. The second-order valence-corrected chi connectivity index (χ2v) is 13.0. The summed E-state index contributed by atoms with van der Waals surface area (Å²) in [5.74, 6) is -0.676. The Morgan fingerprint density at radius 3 is 2.00 bits per heavy atom. The van der Waals surface area contributed by atoms with Crippen molar-refractivity contribution in [1.82, 2.24) is 4.98 Å². The standard InChI is InChI=1S/C23H17ClFNO4S3/c1-32(27,28)20-12-6-16(7-13-20)21-22(17-4-10-19(25)11-5-17)31-23(26-21)33(29,30)14-15-2-8-18(24)9-3-15/h2-13H,14H2,1H3. The van der Waals surface area contributed by atoms with Gasteiger partial charge in [0.1, 0.15) is 5.82 Å². The van der Waals surface area contributed by atoms with Crippen LogP contribution in [0.2, 0.25) is 5.02 Å². The second-order valence-electron chi connectivity index (χ2n) is 7.35. The smallest absolute Gasteiger partial charge is 0.210 e. The predicted octanol–water partition coefficient (Wildman–Crippen LogP) is 5.65. The molecule has 0 amide bonds. The summed E-state index contributed by atoms with van der Waals surface area (Å²) >= 11 is 6.87. The molecule has 0 unspecified atom stereocenters. The number of thiazole rings is 1. The molecule has 0 aliphatic carbocycles. The first kappa shape index (κ1) is 23.6. The van der Waals surface area contributed by atoms with Gasteiger partial charge in [0.2, 0.25) is 14.2 Å². The molecule has 0 spiro atoms. The largest absolute Gasteiger partial charge is 0.224 e. The number of benzene rings is 3. The molecule has 1 aromatic heterocycles. The lowest BCUT2D eigenvalue weighted by Crippen LogP contribution is -2.04. The van der Waals surface area contributed by atoms with Crippen LogP contribution < -0.4 is 0 Å². The van der Waals surface area contributed by atoms with Gasteiger partial charge in [0.05, 0.1) is 21.2 Å². The predicted molar refractivity (Wildman–Crippen MR) is 128 cm³/mol. The molecule has 33 heavy (non-hydrogen) atoms. The van der Waals surface area contributed by atoms with E-state index in [2.05, 4.69) is 4.98 Å². The third-order valence-electron chi connectivity index (χ3n) is 4.81. The number of halogens is 2. The molecule has 4 aromatic rings. The van der Waals surface area contributed by atoms with Gasteiger partial charge >= 0.3 is 0 Å². The number of hydrogen-bond donors (Lipinski definition) is 0. The van der Waals surface area contributed by atoms with Gasteiger partial charge in [-0.05, 0) is 47.5 Å². The van der Waals surface area contributed by atoms with Crippen LogP contribution in [-0.4, -0.2) is 28.1 Å². The minimum Gasteiger partial charge on any atom is -0.224 e. The van der Waals surface area contributed by atoms with Crippen LogP contribution in [0.25, 0.3) is 21.7 Å². The number of nitrogens with zero attached hydrogens (tertiary/aromatic N) is 1. The van der Waals surface area contributed by atoms with Crippen LogP contribution in [0.1, 0.15) is 5.56 Å². The minimum atomic E-state index is -3.79. The van der Waals surface area contributed by atoms with Crippen molar-refractivity contribution >= 4 is 42.6 Å². The van der Waals surface area contributed by atoms with Crippen LogP contribution in [0.3, 0.4) is 0 Å². The molecule has 0 N–H and O–H groups in total. The molecule has 0 saturated carbocycles. The van der Waals surface area contributed by atoms with Crippen LogP contribution in [-0.2, 0) is 25.4 Å². The Morgan fingerprint density at radius 2 is 1.42 bits per heavy atom. The fraction of sp³-hybridized carbons (Fsp3) is 0.0870. The first-order valence-corrected chi connectivity index (χ1v) is 14.3. The van der Waals surface area contributed by atoms with E-state index in [-0.39, 0.29) is 15.0 Å². The number of rotatable bonds is 6.